The highest BCUT2D eigenvalue weighted by molar-refractivity contribution is 5.88. The van der Waals surface area contributed by atoms with Crippen LogP contribution in [-0.2, 0) is 20.7 Å². The van der Waals surface area contributed by atoms with E-state index >= 15 is 0 Å². The molecule has 2 aliphatic carbocycles. The molecule has 5 heteroatoms. The summed E-state index contributed by atoms with van der Waals surface area (Å²) in [6.45, 7) is 0.0344. The molecule has 0 unspecified atom stereocenters. The van der Waals surface area contributed by atoms with Crippen LogP contribution in [-0.4, -0.2) is 36.6 Å². The van der Waals surface area contributed by atoms with Crippen LogP contribution >= 0.6 is 0 Å². The topological polar surface area (TPSA) is 67.4 Å². The predicted molar refractivity (Wildman–Crippen MR) is 91.4 cm³/mol. The van der Waals surface area contributed by atoms with Gasteiger partial charge in [-0.25, -0.2) is 0 Å². The van der Waals surface area contributed by atoms with Gasteiger partial charge in [-0.05, 0) is 31.2 Å². The molecule has 0 bridgehead atoms. The van der Waals surface area contributed by atoms with Gasteiger partial charge in [0.25, 0.3) is 0 Å². The average Bonchev–Trinajstić information content (AvgIpc) is 3.24. The molecule has 2 amide bonds. The lowest BCUT2D eigenvalue weighted by atomic mass is 10.1. The number of rotatable bonds is 8. The highest BCUT2D eigenvalue weighted by Gasteiger charge is 2.28. The number of benzene rings is 1. The minimum atomic E-state index is -0.548. The van der Waals surface area contributed by atoms with Crippen molar-refractivity contribution in [1.82, 2.24) is 10.6 Å². The Morgan fingerprint density at radius 2 is 1.79 bits per heavy atom. The summed E-state index contributed by atoms with van der Waals surface area (Å²) >= 11 is 0. The van der Waals surface area contributed by atoms with Gasteiger partial charge in [0.1, 0.15) is 12.6 Å². The summed E-state index contributed by atoms with van der Waals surface area (Å²) in [4.78, 5) is 24.6. The molecule has 2 saturated carbocycles. The monoisotopic (exact) mass is 330 g/mol. The normalized spacial score (nSPS) is 19.0. The predicted octanol–water partition coefficient (Wildman–Crippen LogP) is 1.95. The van der Waals surface area contributed by atoms with Crippen molar-refractivity contribution >= 4 is 11.8 Å². The van der Waals surface area contributed by atoms with Crippen molar-refractivity contribution < 1.29 is 14.3 Å². The lowest BCUT2D eigenvalue weighted by molar-refractivity contribution is -0.132. The Morgan fingerprint density at radius 3 is 2.46 bits per heavy atom. The highest BCUT2D eigenvalue weighted by atomic mass is 16.5. The summed E-state index contributed by atoms with van der Waals surface area (Å²) in [5, 5.41) is 5.83. The Hall–Kier alpha value is -1.88. The van der Waals surface area contributed by atoms with Crippen molar-refractivity contribution in [2.45, 2.75) is 63.1 Å². The molecular formula is C19H26N2O3. The second kappa shape index (κ2) is 8.29. The second-order valence-electron chi connectivity index (χ2n) is 6.81. The fraction of sp³-hybridized carbons (Fsp3) is 0.579. The van der Waals surface area contributed by atoms with Gasteiger partial charge in [0.2, 0.25) is 11.8 Å². The molecule has 0 aliphatic heterocycles. The van der Waals surface area contributed by atoms with Crippen LogP contribution in [0.15, 0.2) is 30.3 Å². The van der Waals surface area contributed by atoms with Gasteiger partial charge in [-0.15, -0.1) is 0 Å². The van der Waals surface area contributed by atoms with Crippen LogP contribution in [0.2, 0.25) is 0 Å². The third-order valence-electron chi connectivity index (χ3n) is 4.61. The van der Waals surface area contributed by atoms with Crippen LogP contribution in [0.4, 0.5) is 0 Å². The van der Waals surface area contributed by atoms with Crippen LogP contribution in [0.1, 0.15) is 44.1 Å². The van der Waals surface area contributed by atoms with Crippen LogP contribution in [0.5, 0.6) is 0 Å². The zero-order valence-electron chi connectivity index (χ0n) is 14.0. The Bertz CT molecular complexity index is 551. The highest BCUT2D eigenvalue weighted by Crippen LogP contribution is 2.21. The Kier molecular flexibility index (Phi) is 5.86. The van der Waals surface area contributed by atoms with Crippen molar-refractivity contribution in [3.8, 4) is 0 Å². The summed E-state index contributed by atoms with van der Waals surface area (Å²) in [7, 11) is 0. The molecule has 1 aromatic rings. The Labute approximate surface area is 143 Å². The molecular weight excluding hydrogens is 304 g/mol. The van der Waals surface area contributed by atoms with Crippen molar-refractivity contribution in [3.05, 3.63) is 35.9 Å². The van der Waals surface area contributed by atoms with E-state index in [2.05, 4.69) is 10.6 Å². The second-order valence-corrected chi connectivity index (χ2v) is 6.81. The molecule has 2 aliphatic rings. The Balaban J connectivity index is 1.53. The molecule has 0 radical (unpaired) electrons. The number of ether oxygens (including phenoxy) is 1. The summed E-state index contributed by atoms with van der Waals surface area (Å²) in [5.41, 5.74) is 1.03. The molecule has 0 aromatic heterocycles. The van der Waals surface area contributed by atoms with E-state index in [0.717, 1.165) is 31.2 Å². The lowest BCUT2D eigenvalue weighted by Crippen LogP contribution is -2.49. The number of carbonyl (C=O) groups is 2. The smallest absolute Gasteiger partial charge is 0.246 e. The van der Waals surface area contributed by atoms with Crippen molar-refractivity contribution in [2.24, 2.45) is 0 Å². The van der Waals surface area contributed by atoms with Crippen LogP contribution in [0, 0.1) is 0 Å². The minimum absolute atomic E-state index is 0.0344. The molecule has 2 fully saturated rings. The zero-order chi connectivity index (χ0) is 16.8. The van der Waals surface area contributed by atoms with E-state index in [1.165, 1.54) is 12.8 Å². The average molecular weight is 330 g/mol. The van der Waals surface area contributed by atoms with E-state index in [1.807, 2.05) is 30.3 Å². The molecule has 130 valence electrons. The van der Waals surface area contributed by atoms with E-state index in [1.54, 1.807) is 0 Å². The molecule has 1 aromatic carbocycles. The number of hydrogen-bond donors (Lipinski definition) is 2. The van der Waals surface area contributed by atoms with Gasteiger partial charge >= 0.3 is 0 Å². The van der Waals surface area contributed by atoms with E-state index < -0.39 is 6.04 Å². The van der Waals surface area contributed by atoms with Crippen LogP contribution in [0.25, 0.3) is 0 Å². The standard InChI is InChI=1S/C19H26N2O3/c22-18(13-24-16-8-4-5-9-16)21-17(19(23)20-15-10-11-15)12-14-6-2-1-3-7-14/h1-3,6-7,15-17H,4-5,8-13H2,(H,20,23)(H,21,22)/t17-/m1/s1. The quantitative estimate of drug-likeness (QED) is 0.765. The molecule has 0 spiro atoms. The first-order valence-corrected chi connectivity index (χ1v) is 8.96. The number of carbonyl (C=O) groups excluding carboxylic acids is 2. The van der Waals surface area contributed by atoms with E-state index in [-0.39, 0.29) is 30.6 Å². The first kappa shape index (κ1) is 17.0. The van der Waals surface area contributed by atoms with Crippen LogP contribution < -0.4 is 10.6 Å². The van der Waals surface area contributed by atoms with E-state index in [9.17, 15) is 9.59 Å². The van der Waals surface area contributed by atoms with Gasteiger partial charge in [0, 0.05) is 12.5 Å². The van der Waals surface area contributed by atoms with E-state index in [0.29, 0.717) is 6.42 Å². The fourth-order valence-electron chi connectivity index (χ4n) is 3.07. The largest absolute Gasteiger partial charge is 0.368 e. The third-order valence-corrected chi connectivity index (χ3v) is 4.61. The van der Waals surface area contributed by atoms with Crippen molar-refractivity contribution in [1.29, 1.82) is 0 Å². The van der Waals surface area contributed by atoms with Gasteiger partial charge in [-0.3, -0.25) is 9.59 Å². The maximum Gasteiger partial charge on any atom is 0.246 e. The zero-order valence-corrected chi connectivity index (χ0v) is 14.0. The fourth-order valence-corrected chi connectivity index (χ4v) is 3.07. The van der Waals surface area contributed by atoms with Gasteiger partial charge in [-0.1, -0.05) is 43.2 Å². The SMILES string of the molecule is O=C(COC1CCCC1)N[C@H](Cc1ccccc1)C(=O)NC1CC1. The summed E-state index contributed by atoms with van der Waals surface area (Å²) in [6.07, 6.45) is 7.16. The summed E-state index contributed by atoms with van der Waals surface area (Å²) < 4.78 is 5.65. The molecule has 2 N–H and O–H groups in total. The number of hydrogen-bond acceptors (Lipinski definition) is 3. The lowest BCUT2D eigenvalue weighted by Gasteiger charge is -2.19. The van der Waals surface area contributed by atoms with Gasteiger partial charge in [0.05, 0.1) is 6.10 Å². The number of nitrogens with one attached hydrogen (secondary N) is 2. The maximum atomic E-state index is 12.4. The first-order chi connectivity index (χ1) is 11.7. The molecule has 24 heavy (non-hydrogen) atoms. The van der Waals surface area contributed by atoms with Crippen molar-refractivity contribution in [3.63, 3.8) is 0 Å². The Morgan fingerprint density at radius 1 is 1.08 bits per heavy atom. The third kappa shape index (κ3) is 5.34. The van der Waals surface area contributed by atoms with Crippen LogP contribution in [0.3, 0.4) is 0 Å². The maximum absolute atomic E-state index is 12.4. The van der Waals surface area contributed by atoms with E-state index in [4.69, 9.17) is 4.74 Å². The molecule has 0 saturated heterocycles. The molecule has 1 atom stereocenters. The van der Waals surface area contributed by atoms with Gasteiger partial charge in [0.15, 0.2) is 0 Å². The minimum Gasteiger partial charge on any atom is -0.368 e. The molecule has 5 nitrogen and oxygen atoms in total. The van der Waals surface area contributed by atoms with Gasteiger partial charge < -0.3 is 15.4 Å². The molecule has 0 heterocycles. The first-order valence-electron chi connectivity index (χ1n) is 8.96. The number of amides is 2. The summed E-state index contributed by atoms with van der Waals surface area (Å²) in [6, 6.07) is 9.50. The summed E-state index contributed by atoms with van der Waals surface area (Å²) in [5.74, 6) is -0.315. The van der Waals surface area contributed by atoms with Gasteiger partial charge in [-0.2, -0.15) is 0 Å². The van der Waals surface area contributed by atoms with Crippen molar-refractivity contribution in [2.75, 3.05) is 6.61 Å². The molecule has 3 rings (SSSR count).